The molecule has 2 heterocycles. The van der Waals surface area contributed by atoms with Crippen LogP contribution in [0.1, 0.15) is 0 Å². The molecule has 0 saturated heterocycles. The van der Waals surface area contributed by atoms with E-state index < -0.39 is 5.97 Å². The standard InChI is InChI=1S/C14H10FNO3/c15-10-3-4-11-9(6-10)7-12(13-2-1-5-19-13)16(11)8-14(17)18/h1-7H,8H2,(H,17,18). The molecular formula is C14H10FNO3. The van der Waals surface area contributed by atoms with E-state index in [1.807, 2.05) is 0 Å². The second kappa shape index (κ2) is 4.28. The molecule has 1 aromatic carbocycles. The molecule has 0 aliphatic rings. The van der Waals surface area contributed by atoms with Gasteiger partial charge in [0, 0.05) is 10.9 Å². The lowest BCUT2D eigenvalue weighted by molar-refractivity contribution is -0.137. The fourth-order valence-corrected chi connectivity index (χ4v) is 2.18. The van der Waals surface area contributed by atoms with E-state index in [1.165, 1.54) is 18.4 Å². The maximum atomic E-state index is 13.2. The van der Waals surface area contributed by atoms with Crippen molar-refractivity contribution in [3.8, 4) is 11.5 Å². The van der Waals surface area contributed by atoms with E-state index in [-0.39, 0.29) is 12.4 Å². The summed E-state index contributed by atoms with van der Waals surface area (Å²) in [6.07, 6.45) is 1.51. The monoisotopic (exact) mass is 259 g/mol. The van der Waals surface area contributed by atoms with Crippen molar-refractivity contribution in [3.05, 3.63) is 48.5 Å². The molecule has 0 atom stereocenters. The molecule has 0 unspecified atom stereocenters. The molecule has 3 aromatic rings. The first-order valence-corrected chi connectivity index (χ1v) is 5.69. The van der Waals surface area contributed by atoms with Crippen LogP contribution < -0.4 is 0 Å². The number of furan rings is 1. The quantitative estimate of drug-likeness (QED) is 0.786. The number of nitrogens with zero attached hydrogens (tertiary/aromatic N) is 1. The molecule has 19 heavy (non-hydrogen) atoms. The number of halogens is 1. The Morgan fingerprint density at radius 2 is 2.16 bits per heavy atom. The van der Waals surface area contributed by atoms with Crippen LogP contribution in [0, 0.1) is 5.82 Å². The summed E-state index contributed by atoms with van der Waals surface area (Å²) >= 11 is 0. The molecule has 0 bridgehead atoms. The van der Waals surface area contributed by atoms with Gasteiger partial charge in [0.2, 0.25) is 0 Å². The molecule has 0 spiro atoms. The number of aliphatic carboxylic acids is 1. The van der Waals surface area contributed by atoms with Gasteiger partial charge in [-0.3, -0.25) is 4.79 Å². The first-order chi connectivity index (χ1) is 9.15. The predicted molar refractivity (Wildman–Crippen MR) is 67.2 cm³/mol. The number of carboxylic acids is 1. The van der Waals surface area contributed by atoms with Crippen LogP contribution in [0.25, 0.3) is 22.4 Å². The molecule has 0 aliphatic carbocycles. The van der Waals surface area contributed by atoms with Crippen LogP contribution in [0.3, 0.4) is 0 Å². The molecule has 0 saturated carbocycles. The average Bonchev–Trinajstić information content (AvgIpc) is 2.96. The summed E-state index contributed by atoms with van der Waals surface area (Å²) < 4.78 is 20.1. The Balaban J connectivity index is 2.27. The number of hydrogen-bond donors (Lipinski definition) is 1. The van der Waals surface area contributed by atoms with Gasteiger partial charge in [-0.15, -0.1) is 0 Å². The highest BCUT2D eigenvalue weighted by Gasteiger charge is 2.15. The third-order valence-electron chi connectivity index (χ3n) is 2.93. The number of hydrogen-bond acceptors (Lipinski definition) is 2. The smallest absolute Gasteiger partial charge is 0.323 e. The number of fused-ring (bicyclic) bond motifs is 1. The van der Waals surface area contributed by atoms with E-state index in [1.54, 1.807) is 28.8 Å². The Morgan fingerprint density at radius 1 is 1.32 bits per heavy atom. The van der Waals surface area contributed by atoms with Crippen molar-refractivity contribution in [1.29, 1.82) is 0 Å². The van der Waals surface area contributed by atoms with Gasteiger partial charge in [-0.2, -0.15) is 0 Å². The summed E-state index contributed by atoms with van der Waals surface area (Å²) in [6.45, 7) is -0.203. The highest BCUT2D eigenvalue weighted by molar-refractivity contribution is 5.87. The fraction of sp³-hybridized carbons (Fsp3) is 0.0714. The Morgan fingerprint density at radius 3 is 2.84 bits per heavy atom. The molecular weight excluding hydrogens is 249 g/mol. The van der Waals surface area contributed by atoms with Crippen LogP contribution in [-0.4, -0.2) is 15.6 Å². The van der Waals surface area contributed by atoms with Crippen LogP contribution >= 0.6 is 0 Å². The van der Waals surface area contributed by atoms with Gasteiger partial charge in [0.05, 0.1) is 12.0 Å². The van der Waals surface area contributed by atoms with Gasteiger partial charge in [-0.05, 0) is 36.4 Å². The lowest BCUT2D eigenvalue weighted by Gasteiger charge is -2.05. The van der Waals surface area contributed by atoms with Crippen molar-refractivity contribution in [2.45, 2.75) is 6.54 Å². The summed E-state index contributed by atoms with van der Waals surface area (Å²) in [7, 11) is 0. The molecule has 5 heteroatoms. The van der Waals surface area contributed by atoms with Crippen LogP contribution in [0.5, 0.6) is 0 Å². The minimum atomic E-state index is -0.963. The lowest BCUT2D eigenvalue weighted by Crippen LogP contribution is -2.09. The Labute approximate surface area is 107 Å². The highest BCUT2D eigenvalue weighted by Crippen LogP contribution is 2.29. The largest absolute Gasteiger partial charge is 0.480 e. The second-order valence-electron chi connectivity index (χ2n) is 4.19. The molecule has 2 aromatic heterocycles. The van der Waals surface area contributed by atoms with Crippen LogP contribution in [-0.2, 0) is 11.3 Å². The van der Waals surface area contributed by atoms with Crippen molar-refractivity contribution in [2.24, 2.45) is 0 Å². The summed E-state index contributed by atoms with van der Waals surface area (Å²) in [6, 6.07) is 9.44. The maximum Gasteiger partial charge on any atom is 0.323 e. The minimum absolute atomic E-state index is 0.203. The van der Waals surface area contributed by atoms with E-state index >= 15 is 0 Å². The first kappa shape index (κ1) is 11.5. The number of carboxylic acid groups (broad SMARTS) is 1. The topological polar surface area (TPSA) is 55.4 Å². The molecule has 96 valence electrons. The lowest BCUT2D eigenvalue weighted by atomic mass is 10.2. The molecule has 3 rings (SSSR count). The summed E-state index contributed by atoms with van der Waals surface area (Å²) in [5, 5.41) is 9.64. The predicted octanol–water partition coefficient (Wildman–Crippen LogP) is 3.13. The average molecular weight is 259 g/mol. The normalized spacial score (nSPS) is 11.0. The van der Waals surface area contributed by atoms with E-state index in [9.17, 15) is 9.18 Å². The van der Waals surface area contributed by atoms with Crippen molar-refractivity contribution >= 4 is 16.9 Å². The van der Waals surface area contributed by atoms with Gasteiger partial charge >= 0.3 is 5.97 Å². The van der Waals surface area contributed by atoms with Crippen LogP contribution in [0.2, 0.25) is 0 Å². The van der Waals surface area contributed by atoms with Gasteiger partial charge < -0.3 is 14.1 Å². The first-order valence-electron chi connectivity index (χ1n) is 5.69. The molecule has 4 nitrogen and oxygen atoms in total. The van der Waals surface area contributed by atoms with E-state index in [0.717, 1.165) is 0 Å². The highest BCUT2D eigenvalue weighted by atomic mass is 19.1. The third kappa shape index (κ3) is 1.99. The van der Waals surface area contributed by atoms with Gasteiger partial charge in [0.15, 0.2) is 0 Å². The van der Waals surface area contributed by atoms with Crippen molar-refractivity contribution < 1.29 is 18.7 Å². The number of rotatable bonds is 3. The zero-order valence-corrected chi connectivity index (χ0v) is 9.84. The van der Waals surface area contributed by atoms with Gasteiger partial charge in [0.1, 0.15) is 18.1 Å². The molecule has 0 aliphatic heterocycles. The molecule has 0 amide bonds. The van der Waals surface area contributed by atoms with E-state index in [0.29, 0.717) is 22.4 Å². The zero-order chi connectivity index (χ0) is 13.4. The number of benzene rings is 1. The molecule has 0 fully saturated rings. The Kier molecular flexibility index (Phi) is 2.59. The number of aromatic nitrogens is 1. The van der Waals surface area contributed by atoms with Crippen molar-refractivity contribution in [1.82, 2.24) is 4.57 Å². The Bertz CT molecular complexity index is 743. The summed E-state index contributed by atoms with van der Waals surface area (Å²) in [5.74, 6) is -0.765. The third-order valence-corrected chi connectivity index (χ3v) is 2.93. The van der Waals surface area contributed by atoms with Crippen molar-refractivity contribution in [3.63, 3.8) is 0 Å². The number of carbonyl (C=O) groups is 1. The van der Waals surface area contributed by atoms with Gasteiger partial charge in [0.25, 0.3) is 0 Å². The second-order valence-corrected chi connectivity index (χ2v) is 4.19. The maximum absolute atomic E-state index is 13.2. The fourth-order valence-electron chi connectivity index (χ4n) is 2.18. The molecule has 1 N–H and O–H groups in total. The summed E-state index contributed by atoms with van der Waals surface area (Å²) in [5.41, 5.74) is 1.28. The molecule has 0 radical (unpaired) electrons. The van der Waals surface area contributed by atoms with E-state index in [2.05, 4.69) is 0 Å². The SMILES string of the molecule is O=C(O)Cn1c(-c2ccco2)cc2cc(F)ccc21. The minimum Gasteiger partial charge on any atom is -0.480 e. The van der Waals surface area contributed by atoms with Gasteiger partial charge in [-0.25, -0.2) is 4.39 Å². The van der Waals surface area contributed by atoms with E-state index in [4.69, 9.17) is 9.52 Å². The van der Waals surface area contributed by atoms with Gasteiger partial charge in [-0.1, -0.05) is 0 Å². The zero-order valence-electron chi connectivity index (χ0n) is 9.84. The van der Waals surface area contributed by atoms with Crippen LogP contribution in [0.15, 0.2) is 47.1 Å². The summed E-state index contributed by atoms with van der Waals surface area (Å²) in [4.78, 5) is 11.0. The Hall–Kier alpha value is -2.56. The van der Waals surface area contributed by atoms with Crippen molar-refractivity contribution in [2.75, 3.05) is 0 Å². The van der Waals surface area contributed by atoms with Crippen LogP contribution in [0.4, 0.5) is 4.39 Å².